The number of furan rings is 1. The highest BCUT2D eigenvalue weighted by Gasteiger charge is 2.11. The second-order valence-corrected chi connectivity index (χ2v) is 4.78. The Morgan fingerprint density at radius 3 is 2.80 bits per heavy atom. The molecule has 0 radical (unpaired) electrons. The normalized spacial score (nSPS) is 12.3. The summed E-state index contributed by atoms with van der Waals surface area (Å²) in [5.74, 6) is 1.08. The van der Waals surface area contributed by atoms with Crippen molar-refractivity contribution in [3.63, 3.8) is 0 Å². The highest BCUT2D eigenvalue weighted by Crippen LogP contribution is 2.07. The summed E-state index contributed by atoms with van der Waals surface area (Å²) >= 11 is 0. The largest absolute Gasteiger partial charge is 0.469 e. The number of hydrogen-bond donors (Lipinski definition) is 1. The van der Waals surface area contributed by atoms with Crippen molar-refractivity contribution in [2.75, 3.05) is 5.32 Å². The molecule has 0 saturated heterocycles. The monoisotopic (exact) mass is 278 g/mol. The maximum Gasteiger partial charge on any atom is 0.346 e. The molecule has 108 valence electrons. The molecule has 0 amide bonds. The smallest absolute Gasteiger partial charge is 0.346 e. The first-order chi connectivity index (χ1) is 9.49. The van der Waals surface area contributed by atoms with E-state index in [4.69, 9.17) is 4.42 Å². The summed E-state index contributed by atoms with van der Waals surface area (Å²) in [5, 5.41) is 6.99. The molecule has 1 atom stereocenters. The van der Waals surface area contributed by atoms with Gasteiger partial charge in [-0.15, -0.1) is 5.10 Å². The van der Waals surface area contributed by atoms with E-state index in [9.17, 15) is 9.59 Å². The number of aryl methyl sites for hydroxylation is 2. The van der Waals surface area contributed by atoms with Gasteiger partial charge in [-0.3, -0.25) is 9.36 Å². The van der Waals surface area contributed by atoms with Gasteiger partial charge in [0.2, 0.25) is 5.82 Å². The second kappa shape index (κ2) is 5.77. The Labute approximate surface area is 115 Å². The summed E-state index contributed by atoms with van der Waals surface area (Å²) in [6.07, 6.45) is 3.20. The lowest BCUT2D eigenvalue weighted by atomic mass is 10.1. The van der Waals surface area contributed by atoms with Crippen molar-refractivity contribution in [3.05, 3.63) is 45.0 Å². The maximum atomic E-state index is 11.9. The Bertz CT molecular complexity index is 685. The minimum Gasteiger partial charge on any atom is -0.469 e. The summed E-state index contributed by atoms with van der Waals surface area (Å²) in [4.78, 5) is 23.4. The van der Waals surface area contributed by atoms with E-state index in [2.05, 4.69) is 10.4 Å². The molecule has 0 aliphatic carbocycles. The molecule has 0 fully saturated rings. The van der Waals surface area contributed by atoms with Crippen LogP contribution in [0.3, 0.4) is 0 Å². The molecule has 2 heterocycles. The van der Waals surface area contributed by atoms with Crippen LogP contribution in [-0.4, -0.2) is 20.4 Å². The van der Waals surface area contributed by atoms with Gasteiger partial charge in [0.15, 0.2) is 0 Å². The standard InChI is InChI=1S/C13H18N4O3/c1-9(6-7-10-5-4-8-20-10)14-11-12(18)16(2)13(19)17(3)15-11/h4-5,8-9H,6-7H2,1-3H3,(H,14,15). The van der Waals surface area contributed by atoms with E-state index in [0.717, 1.165) is 27.9 Å². The van der Waals surface area contributed by atoms with Crippen LogP contribution in [0, 0.1) is 0 Å². The van der Waals surface area contributed by atoms with Gasteiger partial charge in [-0.1, -0.05) is 0 Å². The summed E-state index contributed by atoms with van der Waals surface area (Å²) in [6, 6.07) is 3.80. The third-order valence-corrected chi connectivity index (χ3v) is 3.11. The molecule has 1 N–H and O–H groups in total. The first-order valence-corrected chi connectivity index (χ1v) is 6.42. The van der Waals surface area contributed by atoms with Crippen LogP contribution < -0.4 is 16.6 Å². The number of rotatable bonds is 5. The molecule has 0 aliphatic heterocycles. The molecule has 2 rings (SSSR count). The second-order valence-electron chi connectivity index (χ2n) is 4.78. The lowest BCUT2D eigenvalue weighted by Gasteiger charge is -2.14. The Balaban J connectivity index is 2.06. The van der Waals surface area contributed by atoms with Gasteiger partial charge in [0.1, 0.15) is 5.76 Å². The fraction of sp³-hybridized carbons (Fsp3) is 0.462. The molecule has 7 nitrogen and oxygen atoms in total. The van der Waals surface area contributed by atoms with E-state index in [-0.39, 0.29) is 11.9 Å². The number of hydrogen-bond acceptors (Lipinski definition) is 5. The Morgan fingerprint density at radius 1 is 1.40 bits per heavy atom. The van der Waals surface area contributed by atoms with Crippen molar-refractivity contribution < 1.29 is 4.42 Å². The van der Waals surface area contributed by atoms with E-state index in [1.165, 1.54) is 14.1 Å². The number of aromatic nitrogens is 3. The summed E-state index contributed by atoms with van der Waals surface area (Å²) in [7, 11) is 2.95. The topological polar surface area (TPSA) is 82.1 Å². The number of nitrogens with zero attached hydrogens (tertiary/aromatic N) is 3. The molecule has 0 aliphatic rings. The molecular formula is C13H18N4O3. The highest BCUT2D eigenvalue weighted by molar-refractivity contribution is 5.30. The van der Waals surface area contributed by atoms with Gasteiger partial charge in [0, 0.05) is 26.6 Å². The fourth-order valence-electron chi connectivity index (χ4n) is 1.91. The van der Waals surface area contributed by atoms with E-state index >= 15 is 0 Å². The van der Waals surface area contributed by atoms with Crippen molar-refractivity contribution in [3.8, 4) is 0 Å². The molecule has 7 heteroatoms. The lowest BCUT2D eigenvalue weighted by Crippen LogP contribution is -2.40. The van der Waals surface area contributed by atoms with Crippen molar-refractivity contribution >= 4 is 5.82 Å². The number of nitrogens with one attached hydrogen (secondary N) is 1. The van der Waals surface area contributed by atoms with Crippen LogP contribution in [0.1, 0.15) is 19.1 Å². The van der Waals surface area contributed by atoms with Gasteiger partial charge in [0.05, 0.1) is 6.26 Å². The van der Waals surface area contributed by atoms with E-state index in [1.807, 2.05) is 19.1 Å². The third kappa shape index (κ3) is 2.98. The van der Waals surface area contributed by atoms with Gasteiger partial charge in [-0.2, -0.15) is 0 Å². The van der Waals surface area contributed by atoms with Crippen LogP contribution >= 0.6 is 0 Å². The third-order valence-electron chi connectivity index (χ3n) is 3.11. The first kappa shape index (κ1) is 14.1. The number of anilines is 1. The molecule has 2 aromatic rings. The van der Waals surface area contributed by atoms with E-state index < -0.39 is 11.2 Å². The first-order valence-electron chi connectivity index (χ1n) is 6.42. The molecule has 1 unspecified atom stereocenters. The van der Waals surface area contributed by atoms with Crippen LogP contribution in [0.2, 0.25) is 0 Å². The molecule has 2 aromatic heterocycles. The van der Waals surface area contributed by atoms with Crippen LogP contribution in [0.5, 0.6) is 0 Å². The van der Waals surface area contributed by atoms with E-state index in [1.54, 1.807) is 6.26 Å². The highest BCUT2D eigenvalue weighted by atomic mass is 16.3. The maximum absolute atomic E-state index is 11.9. The minimum absolute atomic E-state index is 0.0396. The predicted octanol–water partition coefficient (Wildman–Crippen LogP) is 0.505. The van der Waals surface area contributed by atoms with E-state index in [0.29, 0.717) is 0 Å². The predicted molar refractivity (Wildman–Crippen MR) is 74.8 cm³/mol. The Kier molecular flexibility index (Phi) is 4.07. The average molecular weight is 278 g/mol. The van der Waals surface area contributed by atoms with Crippen molar-refractivity contribution in [1.29, 1.82) is 0 Å². The zero-order valence-corrected chi connectivity index (χ0v) is 11.8. The van der Waals surface area contributed by atoms with Crippen molar-refractivity contribution in [1.82, 2.24) is 14.3 Å². The van der Waals surface area contributed by atoms with Crippen LogP contribution in [0.4, 0.5) is 5.82 Å². The molecule has 0 bridgehead atoms. The summed E-state index contributed by atoms with van der Waals surface area (Å²) < 4.78 is 7.44. The lowest BCUT2D eigenvalue weighted by molar-refractivity contribution is 0.494. The van der Waals surface area contributed by atoms with Gasteiger partial charge < -0.3 is 9.73 Å². The molecule has 20 heavy (non-hydrogen) atoms. The quantitative estimate of drug-likeness (QED) is 0.861. The van der Waals surface area contributed by atoms with Crippen LogP contribution in [0.25, 0.3) is 0 Å². The summed E-state index contributed by atoms with van der Waals surface area (Å²) in [6.45, 7) is 1.95. The van der Waals surface area contributed by atoms with Gasteiger partial charge in [-0.05, 0) is 25.5 Å². The van der Waals surface area contributed by atoms with Gasteiger partial charge in [-0.25, -0.2) is 9.48 Å². The zero-order valence-electron chi connectivity index (χ0n) is 11.8. The SMILES string of the molecule is CC(CCc1ccco1)Nc1nn(C)c(=O)n(C)c1=O. The Hall–Kier alpha value is -2.31. The van der Waals surface area contributed by atoms with Gasteiger partial charge in [0.25, 0.3) is 5.56 Å². The average Bonchev–Trinajstić information content (AvgIpc) is 2.93. The molecule has 0 spiro atoms. The van der Waals surface area contributed by atoms with Crippen molar-refractivity contribution in [2.45, 2.75) is 25.8 Å². The van der Waals surface area contributed by atoms with Crippen molar-refractivity contribution in [2.24, 2.45) is 14.1 Å². The fourth-order valence-corrected chi connectivity index (χ4v) is 1.91. The molecule has 0 aromatic carbocycles. The summed E-state index contributed by atoms with van der Waals surface area (Å²) in [5.41, 5.74) is -0.860. The van der Waals surface area contributed by atoms with Gasteiger partial charge >= 0.3 is 5.69 Å². The zero-order chi connectivity index (χ0) is 14.7. The van der Waals surface area contributed by atoms with Crippen LogP contribution in [-0.2, 0) is 20.5 Å². The van der Waals surface area contributed by atoms with Crippen LogP contribution in [0.15, 0.2) is 32.4 Å². The molecule has 0 saturated carbocycles. The Morgan fingerprint density at radius 2 is 2.15 bits per heavy atom. The molecular weight excluding hydrogens is 260 g/mol. The minimum atomic E-state index is -0.441.